The molecule has 0 fully saturated rings. The Morgan fingerprint density at radius 2 is 1.71 bits per heavy atom. The normalized spacial score (nSPS) is 10.3. The minimum absolute atomic E-state index is 0.000961. The summed E-state index contributed by atoms with van der Waals surface area (Å²) in [4.78, 5) is 22.5. The van der Waals surface area contributed by atoms with Crippen LogP contribution in [-0.4, -0.2) is 16.9 Å². The van der Waals surface area contributed by atoms with E-state index in [1.165, 1.54) is 0 Å². The van der Waals surface area contributed by atoms with Gasteiger partial charge in [-0.1, -0.05) is 42.5 Å². The van der Waals surface area contributed by atoms with Crippen LogP contribution in [0.3, 0.4) is 0 Å². The summed E-state index contributed by atoms with van der Waals surface area (Å²) in [5.41, 5.74) is 3.93. The third-order valence-electron chi connectivity index (χ3n) is 3.43. The number of aliphatic carboxylic acids is 1. The van der Waals surface area contributed by atoms with Gasteiger partial charge in [-0.15, -0.1) is 0 Å². The number of carbonyl (C=O) groups is 2. The second-order valence-corrected chi connectivity index (χ2v) is 5.07. The molecule has 21 heavy (non-hydrogen) atoms. The largest absolute Gasteiger partial charge is 0.481 e. The number of rotatable bonds is 6. The minimum atomic E-state index is -0.863. The first-order chi connectivity index (χ1) is 10.1. The summed E-state index contributed by atoms with van der Waals surface area (Å²) in [6.45, 7) is 1.98. The summed E-state index contributed by atoms with van der Waals surface area (Å²) in [5.74, 6) is -0.864. The molecule has 0 heterocycles. The van der Waals surface area contributed by atoms with E-state index in [1.54, 1.807) is 0 Å². The highest BCUT2D eigenvalue weighted by Crippen LogP contribution is 2.24. The third kappa shape index (κ3) is 4.02. The van der Waals surface area contributed by atoms with Gasteiger partial charge in [0.1, 0.15) is 0 Å². The molecule has 0 aliphatic rings. The lowest BCUT2D eigenvalue weighted by atomic mass is 9.96. The van der Waals surface area contributed by atoms with Gasteiger partial charge in [0, 0.05) is 18.4 Å². The van der Waals surface area contributed by atoms with Crippen molar-refractivity contribution in [2.45, 2.75) is 26.2 Å². The maximum atomic E-state index is 12.0. The van der Waals surface area contributed by atoms with Crippen LogP contribution in [-0.2, 0) is 4.79 Å². The molecule has 0 spiro atoms. The second kappa shape index (κ2) is 6.84. The third-order valence-corrected chi connectivity index (χ3v) is 3.43. The van der Waals surface area contributed by atoms with Crippen molar-refractivity contribution < 1.29 is 14.7 Å². The zero-order valence-corrected chi connectivity index (χ0v) is 12.0. The molecule has 3 nitrogen and oxygen atoms in total. The Balaban J connectivity index is 2.12. The lowest BCUT2D eigenvalue weighted by Gasteiger charge is -2.08. The molecule has 1 N–H and O–H groups in total. The van der Waals surface area contributed by atoms with Crippen molar-refractivity contribution in [3.05, 3.63) is 59.7 Å². The van der Waals surface area contributed by atoms with Crippen LogP contribution >= 0.6 is 0 Å². The first-order valence-corrected chi connectivity index (χ1v) is 6.99. The first-order valence-electron chi connectivity index (χ1n) is 6.99. The van der Waals surface area contributed by atoms with Gasteiger partial charge < -0.3 is 5.11 Å². The van der Waals surface area contributed by atoms with E-state index in [0.29, 0.717) is 12.0 Å². The monoisotopic (exact) mass is 282 g/mol. The molecule has 0 aliphatic heterocycles. The van der Waals surface area contributed by atoms with Crippen molar-refractivity contribution >= 4 is 11.8 Å². The molecule has 0 amide bonds. The fraction of sp³-hybridized carbons (Fsp3) is 0.222. The zero-order chi connectivity index (χ0) is 15.2. The van der Waals surface area contributed by atoms with Crippen LogP contribution in [0, 0.1) is 6.92 Å². The van der Waals surface area contributed by atoms with Crippen molar-refractivity contribution in [2.75, 3.05) is 0 Å². The van der Waals surface area contributed by atoms with Gasteiger partial charge in [-0.05, 0) is 36.1 Å². The molecule has 2 aromatic carbocycles. The lowest BCUT2D eigenvalue weighted by Crippen LogP contribution is -2.02. The van der Waals surface area contributed by atoms with Gasteiger partial charge in [0.15, 0.2) is 5.78 Å². The highest BCUT2D eigenvalue weighted by atomic mass is 16.4. The van der Waals surface area contributed by atoms with Crippen LogP contribution < -0.4 is 0 Å². The number of carbonyl (C=O) groups excluding carboxylic acids is 1. The van der Waals surface area contributed by atoms with Crippen LogP contribution in [0.1, 0.15) is 35.2 Å². The number of benzene rings is 2. The predicted octanol–water partition coefficient (Wildman–Crippen LogP) is 4.10. The van der Waals surface area contributed by atoms with Gasteiger partial charge in [0.25, 0.3) is 0 Å². The summed E-state index contributed by atoms with van der Waals surface area (Å²) in [5, 5.41) is 8.59. The molecule has 3 heteroatoms. The molecule has 0 saturated carbocycles. The SMILES string of the molecule is Cc1cc(C(=O)CCCC(=O)O)ccc1-c1ccccc1. The Morgan fingerprint density at radius 1 is 1.00 bits per heavy atom. The number of hydrogen-bond donors (Lipinski definition) is 1. The van der Waals surface area contributed by atoms with Crippen LogP contribution in [0.4, 0.5) is 0 Å². The molecule has 2 aromatic rings. The van der Waals surface area contributed by atoms with Gasteiger partial charge in [-0.2, -0.15) is 0 Å². The highest BCUT2D eigenvalue weighted by molar-refractivity contribution is 5.97. The van der Waals surface area contributed by atoms with Crippen molar-refractivity contribution in [3.8, 4) is 11.1 Å². The van der Waals surface area contributed by atoms with Crippen molar-refractivity contribution in [3.63, 3.8) is 0 Å². The molecule has 0 saturated heterocycles. The number of ketones is 1. The van der Waals surface area contributed by atoms with Gasteiger partial charge in [0.2, 0.25) is 0 Å². The van der Waals surface area contributed by atoms with Crippen LogP contribution in [0.25, 0.3) is 11.1 Å². The fourth-order valence-corrected chi connectivity index (χ4v) is 2.32. The molecule has 0 unspecified atom stereocenters. The maximum Gasteiger partial charge on any atom is 0.303 e. The Morgan fingerprint density at radius 3 is 2.33 bits per heavy atom. The Hall–Kier alpha value is -2.42. The van der Waals surface area contributed by atoms with E-state index in [0.717, 1.165) is 16.7 Å². The average Bonchev–Trinajstić information content (AvgIpc) is 2.47. The second-order valence-electron chi connectivity index (χ2n) is 5.07. The van der Waals surface area contributed by atoms with Crippen molar-refractivity contribution in [2.24, 2.45) is 0 Å². The van der Waals surface area contributed by atoms with Crippen molar-refractivity contribution in [1.82, 2.24) is 0 Å². The smallest absolute Gasteiger partial charge is 0.303 e. The lowest BCUT2D eigenvalue weighted by molar-refractivity contribution is -0.137. The van der Waals surface area contributed by atoms with E-state index in [4.69, 9.17) is 5.11 Å². The molecule has 108 valence electrons. The standard InChI is InChI=1S/C18H18O3/c1-13-12-15(17(19)8-5-9-18(20)21)10-11-16(13)14-6-3-2-4-7-14/h2-4,6-7,10-12H,5,8-9H2,1H3,(H,20,21). The molecule has 0 bridgehead atoms. The summed E-state index contributed by atoms with van der Waals surface area (Å²) in [7, 11) is 0. The van der Waals surface area contributed by atoms with Gasteiger partial charge in [-0.25, -0.2) is 0 Å². The van der Waals surface area contributed by atoms with Crippen LogP contribution in [0.15, 0.2) is 48.5 Å². The number of hydrogen-bond acceptors (Lipinski definition) is 2. The van der Waals surface area contributed by atoms with Gasteiger partial charge in [0.05, 0.1) is 0 Å². The number of carboxylic acid groups (broad SMARTS) is 1. The van der Waals surface area contributed by atoms with E-state index in [9.17, 15) is 9.59 Å². The van der Waals surface area contributed by atoms with Crippen LogP contribution in [0.5, 0.6) is 0 Å². The van der Waals surface area contributed by atoms with E-state index in [2.05, 4.69) is 0 Å². The zero-order valence-electron chi connectivity index (χ0n) is 12.0. The molecule has 2 rings (SSSR count). The minimum Gasteiger partial charge on any atom is -0.481 e. The average molecular weight is 282 g/mol. The van der Waals surface area contributed by atoms with Crippen LogP contribution in [0.2, 0.25) is 0 Å². The van der Waals surface area contributed by atoms with Crippen molar-refractivity contribution in [1.29, 1.82) is 0 Å². The van der Waals surface area contributed by atoms with Gasteiger partial charge in [-0.3, -0.25) is 9.59 Å². The van der Waals surface area contributed by atoms with E-state index in [1.807, 2.05) is 55.5 Å². The summed E-state index contributed by atoms with van der Waals surface area (Å²) >= 11 is 0. The molecule has 0 aromatic heterocycles. The molecular weight excluding hydrogens is 264 g/mol. The molecule has 0 aliphatic carbocycles. The Labute approximate surface area is 124 Å². The summed E-state index contributed by atoms with van der Waals surface area (Å²) < 4.78 is 0. The summed E-state index contributed by atoms with van der Waals surface area (Å²) in [6, 6.07) is 15.7. The molecule has 0 atom stereocenters. The Bertz CT molecular complexity index is 645. The predicted molar refractivity (Wildman–Crippen MR) is 82.4 cm³/mol. The summed E-state index contributed by atoms with van der Waals surface area (Å²) in [6.07, 6.45) is 0.691. The number of Topliss-reactive ketones (excluding diaryl/α,β-unsaturated/α-hetero) is 1. The van der Waals surface area contributed by atoms with E-state index < -0.39 is 5.97 Å². The van der Waals surface area contributed by atoms with Gasteiger partial charge >= 0.3 is 5.97 Å². The quantitative estimate of drug-likeness (QED) is 0.811. The maximum absolute atomic E-state index is 12.0. The number of aryl methyl sites for hydroxylation is 1. The van der Waals surface area contributed by atoms with E-state index >= 15 is 0 Å². The highest BCUT2D eigenvalue weighted by Gasteiger charge is 2.09. The molecular formula is C18H18O3. The molecule has 0 radical (unpaired) electrons. The van der Waals surface area contributed by atoms with E-state index in [-0.39, 0.29) is 18.6 Å². The Kier molecular flexibility index (Phi) is 4.88. The number of carboxylic acids is 1. The topological polar surface area (TPSA) is 54.4 Å². The fourth-order valence-electron chi connectivity index (χ4n) is 2.32. The first kappa shape index (κ1) is 15.0.